The van der Waals surface area contributed by atoms with Crippen LogP contribution in [0, 0.1) is 46.6 Å². The van der Waals surface area contributed by atoms with Crippen LogP contribution in [0.2, 0.25) is 0 Å². The van der Waals surface area contributed by atoms with Crippen LogP contribution in [0.4, 0.5) is 17.1 Å². The zero-order valence-corrected chi connectivity index (χ0v) is 29.0. The molecule has 2 saturated heterocycles. The second kappa shape index (κ2) is 12.3. The summed E-state index contributed by atoms with van der Waals surface area (Å²) in [5.74, 6) is -5.02. The molecule has 2 aliphatic carbocycles. The van der Waals surface area contributed by atoms with Gasteiger partial charge in [0.1, 0.15) is 11.5 Å². The van der Waals surface area contributed by atoms with Crippen molar-refractivity contribution in [1.29, 1.82) is 0 Å². The predicted octanol–water partition coefficient (Wildman–Crippen LogP) is 6.15. The second-order valence-electron chi connectivity index (χ2n) is 14.7. The molecule has 6 unspecified atom stereocenters. The summed E-state index contributed by atoms with van der Waals surface area (Å²) in [6.07, 6.45) is 4.22. The summed E-state index contributed by atoms with van der Waals surface area (Å²) in [6, 6.07) is 26.7. The molecule has 270 valence electrons. The standard InChI is InChI=1S/C42H34N4O8/c1-23-7-9-27(10-8-23)43-45-39(49)34-21-33-31(16-17-32-36(33)40(50)44(38(32)48)28-11-13-29(14-12-28)46(52)53)37(42(34,41(45)51)26-5-3-2-4-6-26)25-19-24-20-30(47)15-18-35(24)54-22-25/h2-16,18,20,22,32-34,36-37,43,47H,17,19,21H2,1H3. The topological polar surface area (TPSA) is 159 Å². The van der Waals surface area contributed by atoms with Gasteiger partial charge in [-0.2, -0.15) is 5.01 Å². The number of nitro groups is 1. The molecule has 4 amide bonds. The van der Waals surface area contributed by atoms with Gasteiger partial charge in [0.05, 0.1) is 45.7 Å². The third-order valence-electron chi connectivity index (χ3n) is 11.9. The third-order valence-corrected chi connectivity index (χ3v) is 11.9. The zero-order valence-electron chi connectivity index (χ0n) is 29.0. The monoisotopic (exact) mass is 722 g/mol. The number of phenols is 1. The first-order chi connectivity index (χ1) is 26.1. The minimum atomic E-state index is -1.46. The lowest BCUT2D eigenvalue weighted by Gasteiger charge is -2.51. The van der Waals surface area contributed by atoms with Crippen LogP contribution in [0.1, 0.15) is 29.5 Å². The SMILES string of the molecule is Cc1ccc(NN2C(=O)C3CC4C(=CCC5C(=O)N(c6ccc([N+](=O)[O-])cc6)C(=O)C54)C(C4=COc5ccc(O)cc5C4)C3(c3ccccc3)C2=O)cc1. The number of nitrogens with zero attached hydrogens (tertiary/aromatic N) is 3. The second-order valence-corrected chi connectivity index (χ2v) is 14.7. The maximum absolute atomic E-state index is 15.4. The number of carbonyl (C=O) groups excluding carboxylic acids is 4. The van der Waals surface area contributed by atoms with Crippen molar-refractivity contribution in [2.75, 3.05) is 10.3 Å². The van der Waals surface area contributed by atoms with E-state index in [-0.39, 0.29) is 30.0 Å². The van der Waals surface area contributed by atoms with E-state index in [1.807, 2.05) is 55.5 Å². The summed E-state index contributed by atoms with van der Waals surface area (Å²) in [5.41, 5.74) is 6.08. The lowest BCUT2D eigenvalue weighted by Crippen LogP contribution is -2.55. The molecule has 1 saturated carbocycles. The maximum Gasteiger partial charge on any atom is 0.269 e. The third kappa shape index (κ3) is 4.82. The highest BCUT2D eigenvalue weighted by Gasteiger charge is 2.70. The van der Waals surface area contributed by atoms with Gasteiger partial charge in [-0.25, -0.2) is 0 Å². The molecule has 4 aromatic carbocycles. The van der Waals surface area contributed by atoms with Gasteiger partial charge in [-0.3, -0.25) is 39.6 Å². The highest BCUT2D eigenvalue weighted by atomic mass is 16.6. The molecular formula is C42H34N4O8. The average molecular weight is 723 g/mol. The number of ether oxygens (including phenoxy) is 1. The number of nitro benzene ring substituents is 1. The van der Waals surface area contributed by atoms with Crippen molar-refractivity contribution < 1.29 is 33.9 Å². The first-order valence-electron chi connectivity index (χ1n) is 17.8. The molecule has 0 radical (unpaired) electrons. The molecule has 12 heteroatoms. The van der Waals surface area contributed by atoms with E-state index in [4.69, 9.17) is 4.74 Å². The molecule has 4 aromatic rings. The summed E-state index contributed by atoms with van der Waals surface area (Å²) in [5, 5.41) is 22.9. The highest BCUT2D eigenvalue weighted by molar-refractivity contribution is 6.22. The summed E-state index contributed by atoms with van der Waals surface area (Å²) >= 11 is 0. The van der Waals surface area contributed by atoms with Crippen molar-refractivity contribution in [2.45, 2.75) is 31.6 Å². The van der Waals surface area contributed by atoms with Crippen LogP contribution in [-0.2, 0) is 31.0 Å². The minimum Gasteiger partial charge on any atom is -0.508 e. The Labute approximate surface area is 309 Å². The number of anilines is 2. The fourth-order valence-corrected chi connectivity index (χ4v) is 9.54. The number of rotatable bonds is 6. The molecule has 0 spiro atoms. The van der Waals surface area contributed by atoms with Gasteiger partial charge >= 0.3 is 0 Å². The number of allylic oxidation sites excluding steroid dienone is 3. The first-order valence-corrected chi connectivity index (χ1v) is 17.8. The van der Waals surface area contributed by atoms with E-state index in [0.29, 0.717) is 34.6 Å². The Balaban J connectivity index is 1.20. The Kier molecular flexibility index (Phi) is 7.56. The number of imide groups is 2. The molecule has 0 bridgehead atoms. The van der Waals surface area contributed by atoms with Crippen LogP contribution in [-0.4, -0.2) is 38.7 Å². The van der Waals surface area contributed by atoms with Crippen molar-refractivity contribution in [3.63, 3.8) is 0 Å². The van der Waals surface area contributed by atoms with Crippen molar-refractivity contribution in [1.82, 2.24) is 5.01 Å². The van der Waals surface area contributed by atoms with Gasteiger partial charge in [0.15, 0.2) is 0 Å². The van der Waals surface area contributed by atoms with Crippen LogP contribution >= 0.6 is 0 Å². The van der Waals surface area contributed by atoms with E-state index in [9.17, 15) is 29.6 Å². The summed E-state index contributed by atoms with van der Waals surface area (Å²) in [6.45, 7) is 1.94. The van der Waals surface area contributed by atoms with Crippen LogP contribution in [0.15, 0.2) is 121 Å². The van der Waals surface area contributed by atoms with Gasteiger partial charge in [0.2, 0.25) is 11.8 Å². The number of hydrogen-bond donors (Lipinski definition) is 2. The van der Waals surface area contributed by atoms with Gasteiger partial charge in [-0.1, -0.05) is 59.7 Å². The zero-order chi connectivity index (χ0) is 37.5. The molecule has 9 rings (SSSR count). The number of phenolic OH excluding ortho intramolecular Hbond substituents is 1. The van der Waals surface area contributed by atoms with Crippen molar-refractivity contribution in [3.05, 3.63) is 147 Å². The van der Waals surface area contributed by atoms with Crippen molar-refractivity contribution in [2.24, 2.45) is 29.6 Å². The molecule has 3 fully saturated rings. The van der Waals surface area contributed by atoms with E-state index in [0.717, 1.165) is 21.0 Å². The molecule has 12 nitrogen and oxygen atoms in total. The van der Waals surface area contributed by atoms with E-state index in [1.165, 1.54) is 30.3 Å². The van der Waals surface area contributed by atoms with Crippen LogP contribution in [0.3, 0.4) is 0 Å². The molecule has 2 N–H and O–H groups in total. The number of nitrogens with one attached hydrogen (secondary N) is 1. The van der Waals surface area contributed by atoms with Gasteiger partial charge < -0.3 is 9.84 Å². The number of aryl methyl sites for hydroxylation is 1. The normalized spacial score (nSPS) is 26.9. The van der Waals surface area contributed by atoms with E-state index in [2.05, 4.69) is 5.43 Å². The number of aromatic hydroxyl groups is 1. The van der Waals surface area contributed by atoms with Gasteiger partial charge in [0, 0.05) is 30.0 Å². The minimum absolute atomic E-state index is 0.0532. The average Bonchev–Trinajstić information content (AvgIpc) is 3.56. The maximum atomic E-state index is 15.4. The van der Waals surface area contributed by atoms with Gasteiger partial charge in [0.25, 0.3) is 17.5 Å². The summed E-state index contributed by atoms with van der Waals surface area (Å²) in [4.78, 5) is 70.7. The lowest BCUT2D eigenvalue weighted by atomic mass is 9.48. The smallest absolute Gasteiger partial charge is 0.269 e. The predicted molar refractivity (Wildman–Crippen MR) is 196 cm³/mol. The quantitative estimate of drug-likeness (QED) is 0.103. The highest BCUT2D eigenvalue weighted by Crippen LogP contribution is 2.63. The van der Waals surface area contributed by atoms with Crippen molar-refractivity contribution >= 4 is 40.7 Å². The fourth-order valence-electron chi connectivity index (χ4n) is 9.54. The molecule has 54 heavy (non-hydrogen) atoms. The number of hydrazine groups is 1. The lowest BCUT2D eigenvalue weighted by molar-refractivity contribution is -0.384. The van der Waals surface area contributed by atoms with E-state index in [1.54, 1.807) is 30.5 Å². The Morgan fingerprint density at radius 3 is 2.35 bits per heavy atom. The number of non-ortho nitro benzene ring substituents is 1. The number of carbonyl (C=O) groups is 4. The van der Waals surface area contributed by atoms with Crippen LogP contribution in [0.25, 0.3) is 0 Å². The van der Waals surface area contributed by atoms with E-state index < -0.39 is 63.6 Å². The number of hydrogen-bond acceptors (Lipinski definition) is 9. The fraction of sp³-hybridized carbons (Fsp3) is 0.238. The first kappa shape index (κ1) is 33.3. The molecule has 0 aromatic heterocycles. The van der Waals surface area contributed by atoms with Crippen molar-refractivity contribution in [3.8, 4) is 11.5 Å². The van der Waals surface area contributed by atoms with E-state index >= 15 is 4.79 Å². The molecule has 6 atom stereocenters. The van der Waals surface area contributed by atoms with Gasteiger partial charge in [-0.15, -0.1) is 0 Å². The molecular weight excluding hydrogens is 688 g/mol. The van der Waals surface area contributed by atoms with Crippen LogP contribution in [0.5, 0.6) is 11.5 Å². The molecule has 3 aliphatic heterocycles. The Morgan fingerprint density at radius 1 is 0.889 bits per heavy atom. The van der Waals surface area contributed by atoms with Gasteiger partial charge in [-0.05, 0) is 79.3 Å². The largest absolute Gasteiger partial charge is 0.508 e. The van der Waals surface area contributed by atoms with Crippen LogP contribution < -0.4 is 15.1 Å². The summed E-state index contributed by atoms with van der Waals surface area (Å²) < 4.78 is 6.17. The Hall–Kier alpha value is -6.56. The summed E-state index contributed by atoms with van der Waals surface area (Å²) in [7, 11) is 0. The molecule has 5 aliphatic rings. The Bertz CT molecular complexity index is 2340. The number of fused-ring (bicyclic) bond motifs is 5. The number of amides is 4. The Morgan fingerprint density at radius 2 is 1.63 bits per heavy atom. The number of benzene rings is 4. The molecule has 3 heterocycles.